The summed E-state index contributed by atoms with van der Waals surface area (Å²) in [6.07, 6.45) is 1.31. The summed E-state index contributed by atoms with van der Waals surface area (Å²) in [7, 11) is 0. The molecule has 1 saturated heterocycles. The Bertz CT molecular complexity index is 818. The van der Waals surface area contributed by atoms with Crippen LogP contribution in [0.25, 0.3) is 0 Å². The summed E-state index contributed by atoms with van der Waals surface area (Å²) in [5, 5.41) is 15.4. The highest BCUT2D eigenvalue weighted by Gasteiger charge is 2.26. The van der Waals surface area contributed by atoms with Crippen molar-refractivity contribution >= 4 is 17.5 Å². The van der Waals surface area contributed by atoms with Gasteiger partial charge in [0, 0.05) is 12.5 Å². The van der Waals surface area contributed by atoms with Crippen molar-refractivity contribution in [2.75, 3.05) is 25.0 Å². The molecule has 1 fully saturated rings. The maximum Gasteiger partial charge on any atom is 0.234 e. The van der Waals surface area contributed by atoms with Crippen LogP contribution in [0.1, 0.15) is 18.4 Å². The highest BCUT2D eigenvalue weighted by molar-refractivity contribution is 5.93. The molecule has 1 heterocycles. The molecule has 0 saturated carbocycles. The predicted molar refractivity (Wildman–Crippen MR) is 104 cm³/mol. The van der Waals surface area contributed by atoms with Gasteiger partial charge < -0.3 is 15.7 Å². The Balaban J connectivity index is 1.39. The van der Waals surface area contributed by atoms with E-state index in [2.05, 4.69) is 10.6 Å². The van der Waals surface area contributed by atoms with Crippen LogP contribution in [-0.4, -0.2) is 41.5 Å². The van der Waals surface area contributed by atoms with E-state index in [1.807, 2.05) is 4.90 Å². The first-order valence-electron chi connectivity index (χ1n) is 9.33. The van der Waals surface area contributed by atoms with Crippen LogP contribution in [0.5, 0.6) is 5.75 Å². The Morgan fingerprint density at radius 1 is 1.07 bits per heavy atom. The summed E-state index contributed by atoms with van der Waals surface area (Å²) in [5.41, 5.74) is 1.25. The Kier molecular flexibility index (Phi) is 6.60. The monoisotopic (exact) mass is 385 g/mol. The average Bonchev–Trinajstić information content (AvgIpc) is 2.70. The van der Waals surface area contributed by atoms with Crippen LogP contribution in [-0.2, 0) is 16.1 Å². The van der Waals surface area contributed by atoms with Crippen LogP contribution in [0, 0.1) is 11.7 Å². The SMILES string of the molecule is O=C(CN1CCC(C(=O)Nc2ccccc2O)CC1)NCc1ccc(F)cc1. The van der Waals surface area contributed by atoms with Crippen molar-refractivity contribution in [2.45, 2.75) is 19.4 Å². The minimum absolute atomic E-state index is 0.0473. The lowest BCUT2D eigenvalue weighted by Gasteiger charge is -2.30. The molecule has 2 amide bonds. The number of aromatic hydroxyl groups is 1. The van der Waals surface area contributed by atoms with E-state index >= 15 is 0 Å². The van der Waals surface area contributed by atoms with E-state index in [0.29, 0.717) is 38.2 Å². The second-order valence-electron chi connectivity index (χ2n) is 6.96. The zero-order valence-corrected chi connectivity index (χ0v) is 15.5. The largest absolute Gasteiger partial charge is 0.506 e. The molecular weight excluding hydrogens is 361 g/mol. The lowest BCUT2D eigenvalue weighted by atomic mass is 9.95. The van der Waals surface area contributed by atoms with Crippen molar-refractivity contribution in [2.24, 2.45) is 5.92 Å². The number of nitrogens with zero attached hydrogens (tertiary/aromatic N) is 1. The minimum Gasteiger partial charge on any atom is -0.506 e. The third-order valence-electron chi connectivity index (χ3n) is 4.89. The number of hydrogen-bond acceptors (Lipinski definition) is 4. The number of nitrogens with one attached hydrogen (secondary N) is 2. The number of para-hydroxylation sites is 2. The molecule has 0 atom stereocenters. The number of piperidine rings is 1. The quantitative estimate of drug-likeness (QED) is 0.668. The average molecular weight is 385 g/mol. The van der Waals surface area contributed by atoms with Crippen LogP contribution in [0.2, 0.25) is 0 Å². The number of phenols is 1. The van der Waals surface area contributed by atoms with E-state index in [9.17, 15) is 19.1 Å². The van der Waals surface area contributed by atoms with Gasteiger partial charge >= 0.3 is 0 Å². The van der Waals surface area contributed by atoms with E-state index in [0.717, 1.165) is 5.56 Å². The molecule has 148 valence electrons. The van der Waals surface area contributed by atoms with Crippen molar-refractivity contribution in [3.8, 4) is 5.75 Å². The van der Waals surface area contributed by atoms with Gasteiger partial charge in [0.1, 0.15) is 11.6 Å². The van der Waals surface area contributed by atoms with Gasteiger partial charge in [0.2, 0.25) is 11.8 Å². The molecule has 0 unspecified atom stereocenters. The molecule has 0 spiro atoms. The number of carbonyl (C=O) groups is 2. The fourth-order valence-electron chi connectivity index (χ4n) is 3.23. The summed E-state index contributed by atoms with van der Waals surface area (Å²) < 4.78 is 12.9. The lowest BCUT2D eigenvalue weighted by molar-refractivity contribution is -0.123. The first-order valence-corrected chi connectivity index (χ1v) is 9.33. The van der Waals surface area contributed by atoms with Gasteiger partial charge in [-0.25, -0.2) is 4.39 Å². The second-order valence-corrected chi connectivity index (χ2v) is 6.96. The van der Waals surface area contributed by atoms with Crippen molar-refractivity contribution in [3.05, 3.63) is 59.9 Å². The molecule has 1 aliphatic heterocycles. The van der Waals surface area contributed by atoms with Crippen LogP contribution in [0.4, 0.5) is 10.1 Å². The van der Waals surface area contributed by atoms with E-state index < -0.39 is 0 Å². The Hall–Kier alpha value is -2.93. The third kappa shape index (κ3) is 5.53. The van der Waals surface area contributed by atoms with Gasteiger partial charge in [-0.1, -0.05) is 24.3 Å². The predicted octanol–water partition coefficient (Wildman–Crippen LogP) is 2.50. The van der Waals surface area contributed by atoms with Gasteiger partial charge in [0.25, 0.3) is 0 Å². The Morgan fingerprint density at radius 3 is 2.43 bits per heavy atom. The highest BCUT2D eigenvalue weighted by atomic mass is 19.1. The number of rotatable bonds is 6. The molecule has 0 bridgehead atoms. The first-order chi connectivity index (χ1) is 13.5. The van der Waals surface area contributed by atoms with Gasteiger partial charge in [0.15, 0.2) is 0 Å². The normalized spacial score (nSPS) is 15.2. The van der Waals surface area contributed by atoms with Crippen molar-refractivity contribution in [3.63, 3.8) is 0 Å². The van der Waals surface area contributed by atoms with E-state index in [1.165, 1.54) is 18.2 Å². The molecule has 7 heteroatoms. The molecule has 3 rings (SSSR count). The molecule has 28 heavy (non-hydrogen) atoms. The van der Waals surface area contributed by atoms with Crippen molar-refractivity contribution < 1.29 is 19.1 Å². The van der Waals surface area contributed by atoms with Gasteiger partial charge in [-0.2, -0.15) is 0 Å². The molecule has 2 aromatic rings. The molecular formula is C21H24FN3O3. The summed E-state index contributed by atoms with van der Waals surface area (Å²) in [6.45, 7) is 1.94. The molecule has 0 aliphatic carbocycles. The Morgan fingerprint density at radius 2 is 1.75 bits per heavy atom. The summed E-state index contributed by atoms with van der Waals surface area (Å²) in [4.78, 5) is 26.5. The van der Waals surface area contributed by atoms with Crippen LogP contribution in [0.3, 0.4) is 0 Å². The maximum atomic E-state index is 12.9. The number of carbonyl (C=O) groups excluding carboxylic acids is 2. The summed E-state index contributed by atoms with van der Waals surface area (Å²) >= 11 is 0. The van der Waals surface area contributed by atoms with Gasteiger partial charge in [-0.15, -0.1) is 0 Å². The number of hydrogen-bond donors (Lipinski definition) is 3. The third-order valence-corrected chi connectivity index (χ3v) is 4.89. The van der Waals surface area contributed by atoms with Crippen molar-refractivity contribution in [1.82, 2.24) is 10.2 Å². The van der Waals surface area contributed by atoms with E-state index in [-0.39, 0.29) is 35.8 Å². The molecule has 0 radical (unpaired) electrons. The van der Waals surface area contributed by atoms with E-state index in [4.69, 9.17) is 0 Å². The Labute approximate surface area is 163 Å². The number of phenolic OH excluding ortho intramolecular Hbond substituents is 1. The number of amides is 2. The van der Waals surface area contributed by atoms with Crippen molar-refractivity contribution in [1.29, 1.82) is 0 Å². The van der Waals surface area contributed by atoms with Gasteiger partial charge in [0.05, 0.1) is 12.2 Å². The fourth-order valence-corrected chi connectivity index (χ4v) is 3.23. The molecule has 3 N–H and O–H groups in total. The number of benzene rings is 2. The summed E-state index contributed by atoms with van der Waals surface area (Å²) in [6, 6.07) is 12.7. The van der Waals surface area contributed by atoms with E-state index in [1.54, 1.807) is 30.3 Å². The fraction of sp³-hybridized carbons (Fsp3) is 0.333. The molecule has 6 nitrogen and oxygen atoms in total. The zero-order chi connectivity index (χ0) is 19.9. The van der Waals surface area contributed by atoms with Crippen LogP contribution < -0.4 is 10.6 Å². The molecule has 2 aromatic carbocycles. The van der Waals surface area contributed by atoms with Gasteiger partial charge in [-0.3, -0.25) is 14.5 Å². The lowest BCUT2D eigenvalue weighted by Crippen LogP contribution is -2.43. The maximum absolute atomic E-state index is 12.9. The molecule has 1 aliphatic rings. The summed E-state index contributed by atoms with van der Waals surface area (Å²) in [5.74, 6) is -0.600. The number of anilines is 1. The zero-order valence-electron chi connectivity index (χ0n) is 15.5. The van der Waals surface area contributed by atoms with Crippen LogP contribution >= 0.6 is 0 Å². The smallest absolute Gasteiger partial charge is 0.234 e. The second kappa shape index (κ2) is 9.32. The van der Waals surface area contributed by atoms with Crippen LogP contribution in [0.15, 0.2) is 48.5 Å². The topological polar surface area (TPSA) is 81.7 Å². The minimum atomic E-state index is -0.301. The standard InChI is InChI=1S/C21H24FN3O3/c22-17-7-5-15(6-8-17)13-23-20(27)14-25-11-9-16(10-12-25)21(28)24-18-3-1-2-4-19(18)26/h1-8,16,26H,9-14H2,(H,23,27)(H,24,28). The molecule has 0 aromatic heterocycles. The number of likely N-dealkylation sites (tertiary alicyclic amines) is 1. The highest BCUT2D eigenvalue weighted by Crippen LogP contribution is 2.24. The first kappa shape index (κ1) is 19.8. The number of halogens is 1. The van der Waals surface area contributed by atoms with Gasteiger partial charge in [-0.05, 0) is 55.8 Å².